The van der Waals surface area contributed by atoms with E-state index >= 15 is 0 Å². The van der Waals surface area contributed by atoms with Gasteiger partial charge in [-0.25, -0.2) is 4.79 Å². The van der Waals surface area contributed by atoms with Gasteiger partial charge in [0.25, 0.3) is 0 Å². The van der Waals surface area contributed by atoms with Crippen molar-refractivity contribution >= 4 is 5.97 Å². The van der Waals surface area contributed by atoms with Crippen molar-refractivity contribution in [3.05, 3.63) is 0 Å². The Bertz CT molecular complexity index is 739. The first-order valence-electron chi connectivity index (χ1n) is 10.7. The monoisotopic (exact) mass is 534 g/mol. The SMILES string of the molecule is O=C1OO[C@]1(O)[C@@H](O)[C@H](O)[C@H](O)CO[C@H]1O[C@H](CO[C@H]2O[C@H](CO)[C@@H](O)[C@H](O)[C@H]2O)[C@@H](O)[C@H](O)[C@H]1O. The number of hydrogen-bond donors (Lipinski definition) is 11. The van der Waals surface area contributed by atoms with Crippen LogP contribution in [0.1, 0.15) is 0 Å². The van der Waals surface area contributed by atoms with Gasteiger partial charge in [-0.15, -0.1) is 4.89 Å². The lowest BCUT2D eigenvalue weighted by Gasteiger charge is -2.43. The maximum absolute atomic E-state index is 11.2. The maximum atomic E-state index is 11.2. The quantitative estimate of drug-likeness (QED) is 0.116. The van der Waals surface area contributed by atoms with E-state index in [1.165, 1.54) is 0 Å². The lowest BCUT2D eigenvalue weighted by molar-refractivity contribution is -0.479. The second-order valence-corrected chi connectivity index (χ2v) is 8.53. The fourth-order valence-corrected chi connectivity index (χ4v) is 3.65. The summed E-state index contributed by atoms with van der Waals surface area (Å²) >= 11 is 0. The molecule has 0 amide bonds. The molecular weight excluding hydrogens is 504 g/mol. The molecule has 3 rings (SSSR count). The van der Waals surface area contributed by atoms with Crippen LogP contribution in [0.3, 0.4) is 0 Å². The van der Waals surface area contributed by atoms with Gasteiger partial charge in [0.05, 0.1) is 19.8 Å². The minimum absolute atomic E-state index is 0.635. The van der Waals surface area contributed by atoms with Crippen LogP contribution in [0.15, 0.2) is 0 Å². The summed E-state index contributed by atoms with van der Waals surface area (Å²) in [6, 6.07) is 0. The molecular formula is C18H30O18. The van der Waals surface area contributed by atoms with Crippen LogP contribution in [-0.4, -0.2) is 167 Å². The predicted molar refractivity (Wildman–Crippen MR) is 102 cm³/mol. The number of carbonyl (C=O) groups is 1. The molecule has 14 atom stereocenters. The van der Waals surface area contributed by atoms with Crippen LogP contribution in [0.5, 0.6) is 0 Å². The van der Waals surface area contributed by atoms with Crippen molar-refractivity contribution in [2.45, 2.75) is 85.5 Å². The Labute approximate surface area is 201 Å². The van der Waals surface area contributed by atoms with Crippen molar-refractivity contribution in [2.75, 3.05) is 19.8 Å². The van der Waals surface area contributed by atoms with Crippen molar-refractivity contribution in [3.63, 3.8) is 0 Å². The fourth-order valence-electron chi connectivity index (χ4n) is 3.65. The summed E-state index contributed by atoms with van der Waals surface area (Å²) in [6.45, 7) is -2.25. The zero-order valence-corrected chi connectivity index (χ0v) is 18.4. The van der Waals surface area contributed by atoms with Crippen LogP contribution in [0.25, 0.3) is 0 Å². The molecule has 0 radical (unpaired) electrons. The predicted octanol–water partition coefficient (Wildman–Crippen LogP) is -8.11. The minimum atomic E-state index is -2.92. The zero-order valence-electron chi connectivity index (χ0n) is 18.4. The molecule has 3 saturated heterocycles. The van der Waals surface area contributed by atoms with Gasteiger partial charge >= 0.3 is 11.8 Å². The average molecular weight is 534 g/mol. The van der Waals surface area contributed by atoms with Crippen LogP contribution in [0.4, 0.5) is 0 Å². The van der Waals surface area contributed by atoms with Gasteiger partial charge in [-0.1, -0.05) is 0 Å². The Balaban J connectivity index is 1.56. The van der Waals surface area contributed by atoms with E-state index in [1.54, 1.807) is 0 Å². The van der Waals surface area contributed by atoms with Crippen molar-refractivity contribution in [1.82, 2.24) is 0 Å². The van der Waals surface area contributed by atoms with Gasteiger partial charge in [0.2, 0.25) is 0 Å². The molecule has 0 spiro atoms. The highest BCUT2D eigenvalue weighted by Crippen LogP contribution is 2.29. The molecule has 0 bridgehead atoms. The van der Waals surface area contributed by atoms with Gasteiger partial charge < -0.3 is 75.1 Å². The molecule has 36 heavy (non-hydrogen) atoms. The number of aliphatic hydroxyl groups excluding tert-OH is 10. The van der Waals surface area contributed by atoms with Gasteiger partial charge in [-0.2, -0.15) is 0 Å². The van der Waals surface area contributed by atoms with Crippen molar-refractivity contribution in [1.29, 1.82) is 0 Å². The van der Waals surface area contributed by atoms with E-state index in [9.17, 15) is 61.0 Å². The van der Waals surface area contributed by atoms with E-state index in [1.807, 2.05) is 0 Å². The average Bonchev–Trinajstić information content (AvgIpc) is 2.87. The van der Waals surface area contributed by atoms with Crippen LogP contribution >= 0.6 is 0 Å². The molecule has 0 aliphatic carbocycles. The standard InChI is InChI=1S/C18H30O18/c19-1-5-8(22)10(24)12(26)16(33-5)32-3-6-9(23)11(25)13(27)15(34-6)31-2-4(20)7(21)14(28)18(30)17(29)35-36-18/h4-16,19-28,30H,1-3H2/t4-,5-,6-,7-,8-,9-,10+,11+,12-,13-,14+,15+,16+,18-/m1/s1. The molecule has 3 fully saturated rings. The Morgan fingerprint density at radius 2 is 1.33 bits per heavy atom. The first kappa shape index (κ1) is 29.4. The molecule has 11 N–H and O–H groups in total. The highest BCUT2D eigenvalue weighted by molar-refractivity contribution is 5.81. The van der Waals surface area contributed by atoms with Gasteiger partial charge in [-0.3, -0.25) is 4.89 Å². The third-order valence-electron chi connectivity index (χ3n) is 6.03. The lowest BCUT2D eigenvalue weighted by Crippen LogP contribution is -2.66. The summed E-state index contributed by atoms with van der Waals surface area (Å²) in [7, 11) is 0. The second-order valence-electron chi connectivity index (χ2n) is 8.53. The third-order valence-corrected chi connectivity index (χ3v) is 6.03. The van der Waals surface area contributed by atoms with Crippen LogP contribution in [0.2, 0.25) is 0 Å². The Hall–Kier alpha value is -1.17. The first-order valence-corrected chi connectivity index (χ1v) is 10.7. The second kappa shape index (κ2) is 11.7. The molecule has 0 aromatic carbocycles. The summed E-state index contributed by atoms with van der Waals surface area (Å²) in [5, 5.41) is 109. The van der Waals surface area contributed by atoms with E-state index in [0.29, 0.717) is 0 Å². The molecule has 0 aromatic rings. The number of aliphatic hydroxyl groups is 11. The summed E-state index contributed by atoms with van der Waals surface area (Å²) in [6.07, 6.45) is -23.3. The molecule has 210 valence electrons. The van der Waals surface area contributed by atoms with Crippen LogP contribution in [0, 0.1) is 0 Å². The lowest BCUT2D eigenvalue weighted by atomic mass is 9.98. The van der Waals surface area contributed by atoms with Gasteiger partial charge in [-0.05, 0) is 0 Å². The number of rotatable bonds is 10. The highest BCUT2D eigenvalue weighted by Gasteiger charge is 2.60. The first-order chi connectivity index (χ1) is 16.8. The largest absolute Gasteiger partial charge is 0.408 e. The Morgan fingerprint density at radius 1 is 0.806 bits per heavy atom. The Kier molecular flexibility index (Phi) is 9.55. The van der Waals surface area contributed by atoms with E-state index < -0.39 is 111 Å². The van der Waals surface area contributed by atoms with E-state index in [0.717, 1.165) is 0 Å². The molecule has 0 saturated carbocycles. The summed E-state index contributed by atoms with van der Waals surface area (Å²) in [5.74, 6) is -4.35. The van der Waals surface area contributed by atoms with Gasteiger partial charge in [0, 0.05) is 0 Å². The maximum Gasteiger partial charge on any atom is 0.408 e. The van der Waals surface area contributed by atoms with Crippen LogP contribution < -0.4 is 0 Å². The minimum Gasteiger partial charge on any atom is -0.394 e. The highest BCUT2D eigenvalue weighted by atomic mass is 17.3. The van der Waals surface area contributed by atoms with E-state index in [4.69, 9.17) is 18.9 Å². The number of hydrogen-bond acceptors (Lipinski definition) is 18. The molecule has 3 aliphatic heterocycles. The summed E-state index contributed by atoms with van der Waals surface area (Å²) in [4.78, 5) is 19.1. The third kappa shape index (κ3) is 5.63. The molecule has 18 heteroatoms. The van der Waals surface area contributed by atoms with Crippen molar-refractivity contribution in [3.8, 4) is 0 Å². The summed E-state index contributed by atoms with van der Waals surface area (Å²) in [5.41, 5.74) is 0. The number of carbonyl (C=O) groups excluding carboxylic acids is 1. The normalized spacial score (nSPS) is 45.9. The number of ether oxygens (including phenoxy) is 4. The van der Waals surface area contributed by atoms with Crippen LogP contribution in [-0.2, 0) is 33.5 Å². The molecule has 3 heterocycles. The molecule has 0 unspecified atom stereocenters. The van der Waals surface area contributed by atoms with Crippen molar-refractivity contribution < 1.29 is 89.7 Å². The van der Waals surface area contributed by atoms with E-state index in [2.05, 4.69) is 9.78 Å². The van der Waals surface area contributed by atoms with Crippen molar-refractivity contribution in [2.24, 2.45) is 0 Å². The fraction of sp³-hybridized carbons (Fsp3) is 0.944. The summed E-state index contributed by atoms with van der Waals surface area (Å²) < 4.78 is 20.8. The smallest absolute Gasteiger partial charge is 0.394 e. The topological polar surface area (TPSA) is 295 Å². The molecule has 3 aliphatic rings. The molecule has 0 aromatic heterocycles. The Morgan fingerprint density at radius 3 is 1.83 bits per heavy atom. The van der Waals surface area contributed by atoms with Gasteiger partial charge in [0.1, 0.15) is 61.0 Å². The van der Waals surface area contributed by atoms with Gasteiger partial charge in [0.15, 0.2) is 18.7 Å². The molecule has 18 nitrogen and oxygen atoms in total. The zero-order chi connectivity index (χ0) is 26.9. The van der Waals surface area contributed by atoms with E-state index in [-0.39, 0.29) is 0 Å².